The molecule has 78 valence electrons. The third-order valence-electron chi connectivity index (χ3n) is 2.00. The molecular weight excluding hydrogens is 183 g/mol. The Hall–Kier alpha value is -1.44. The molecule has 0 amide bonds. The molecule has 1 aromatic rings. The molecule has 1 nitrogen and oxygen atoms in total. The molecule has 0 bridgehead atoms. The van der Waals surface area contributed by atoms with Gasteiger partial charge in [0.25, 0.3) is 0 Å². The van der Waals surface area contributed by atoms with Crippen molar-refractivity contribution < 1.29 is 4.65 Å². The lowest BCUT2D eigenvalue weighted by molar-refractivity contribution is 0.580. The Morgan fingerprint density at radius 1 is 1.27 bits per heavy atom. The molecule has 1 rings (SSSR count). The normalized spacial score (nSPS) is 10.3. The molecule has 0 aliphatic rings. The lowest BCUT2D eigenvalue weighted by atomic mass is 9.75. The van der Waals surface area contributed by atoms with E-state index in [0.29, 0.717) is 0 Å². The fraction of sp³-hybridized carbons (Fsp3) is 0.231. The molecule has 15 heavy (non-hydrogen) atoms. The van der Waals surface area contributed by atoms with Gasteiger partial charge in [-0.2, -0.15) is 0 Å². The molecule has 0 unspecified atom stereocenters. The van der Waals surface area contributed by atoms with Gasteiger partial charge < -0.3 is 4.65 Å². The summed E-state index contributed by atoms with van der Waals surface area (Å²) in [5.41, 5.74) is 2.27. The van der Waals surface area contributed by atoms with Crippen molar-refractivity contribution in [2.45, 2.75) is 20.6 Å². The van der Waals surface area contributed by atoms with Gasteiger partial charge in [-0.05, 0) is 43.8 Å². The summed E-state index contributed by atoms with van der Waals surface area (Å²) in [6.45, 7) is 10.1. The molecule has 0 heterocycles. The Bertz CT molecular complexity index is 367. The lowest BCUT2D eigenvalue weighted by Crippen LogP contribution is -2.11. The fourth-order valence-corrected chi connectivity index (χ4v) is 1.41. The maximum Gasteiger partial charge on any atom is 0.351 e. The quantitative estimate of drug-likeness (QED) is 0.667. The lowest BCUT2D eigenvalue weighted by Gasteiger charge is -2.10. The monoisotopic (exact) mass is 200 g/mol. The second-order valence-corrected chi connectivity index (χ2v) is 3.66. The van der Waals surface area contributed by atoms with Gasteiger partial charge in [0.05, 0.1) is 5.75 Å². The smallest absolute Gasteiger partial charge is 0.351 e. The number of rotatable bonds is 4. The van der Waals surface area contributed by atoms with Crippen LogP contribution < -0.4 is 4.65 Å². The van der Waals surface area contributed by atoms with Gasteiger partial charge in [0.15, 0.2) is 0 Å². The van der Waals surface area contributed by atoms with Crippen molar-refractivity contribution in [1.29, 1.82) is 0 Å². The first-order valence-corrected chi connectivity index (χ1v) is 5.23. The second-order valence-electron chi connectivity index (χ2n) is 3.66. The first-order valence-electron chi connectivity index (χ1n) is 5.23. The first kappa shape index (κ1) is 11.6. The minimum Gasteiger partial charge on any atom is -0.561 e. The molecule has 0 aliphatic carbocycles. The molecule has 0 radical (unpaired) electrons. The molecule has 0 saturated heterocycles. The van der Waals surface area contributed by atoms with Crippen molar-refractivity contribution in [2.24, 2.45) is 0 Å². The molecule has 1 aromatic carbocycles. The van der Waals surface area contributed by atoms with E-state index in [1.54, 1.807) is 0 Å². The van der Waals surface area contributed by atoms with Gasteiger partial charge in [-0.25, -0.2) is 0 Å². The number of allylic oxidation sites excluding steroid dienone is 1. The van der Waals surface area contributed by atoms with Crippen LogP contribution in [0.2, 0.25) is 13.6 Å². The van der Waals surface area contributed by atoms with Crippen LogP contribution in [0.3, 0.4) is 0 Å². The number of benzene rings is 1. The summed E-state index contributed by atoms with van der Waals surface area (Å²) >= 11 is 0. The van der Waals surface area contributed by atoms with E-state index in [1.165, 1.54) is 5.56 Å². The highest BCUT2D eigenvalue weighted by Crippen LogP contribution is 2.20. The first-order chi connectivity index (χ1) is 7.17. The van der Waals surface area contributed by atoms with Gasteiger partial charge in [0.1, 0.15) is 0 Å². The summed E-state index contributed by atoms with van der Waals surface area (Å²) in [4.78, 5) is 0. The van der Waals surface area contributed by atoms with Gasteiger partial charge in [0.2, 0.25) is 0 Å². The van der Waals surface area contributed by atoms with Crippen molar-refractivity contribution in [3.8, 4) is 5.75 Å². The van der Waals surface area contributed by atoms with E-state index in [0.717, 1.165) is 11.3 Å². The van der Waals surface area contributed by atoms with Gasteiger partial charge in [-0.1, -0.05) is 30.9 Å². The molecule has 0 fully saturated rings. The highest BCUT2D eigenvalue weighted by Gasteiger charge is 2.03. The van der Waals surface area contributed by atoms with E-state index >= 15 is 0 Å². The van der Waals surface area contributed by atoms with Crippen molar-refractivity contribution in [1.82, 2.24) is 0 Å². The third-order valence-corrected chi connectivity index (χ3v) is 2.00. The van der Waals surface area contributed by atoms with Crippen molar-refractivity contribution >= 4 is 19.1 Å². The summed E-state index contributed by atoms with van der Waals surface area (Å²) in [6, 6.07) is 6.05. The van der Waals surface area contributed by atoms with Crippen molar-refractivity contribution in [2.75, 3.05) is 0 Å². The van der Waals surface area contributed by atoms with E-state index in [9.17, 15) is 0 Å². The number of hydrogen-bond donors (Lipinski definition) is 0. The van der Waals surface area contributed by atoms with Gasteiger partial charge in [-0.3, -0.25) is 0 Å². The summed E-state index contributed by atoms with van der Waals surface area (Å²) < 4.78 is 5.62. The van der Waals surface area contributed by atoms with E-state index in [2.05, 4.69) is 18.7 Å². The molecule has 0 N–H and O–H groups in total. The minimum atomic E-state index is 0.204. The largest absolute Gasteiger partial charge is 0.561 e. The standard InChI is InChI=1S/C13H17BO/c1-5-7-12-8-9-13(15-14(3)4)10-11(12)6-2/h5-10H,2H2,1,3-4H3/b7-5+. The molecule has 2 heteroatoms. The summed E-state index contributed by atoms with van der Waals surface area (Å²) in [7, 11) is 0. The van der Waals surface area contributed by atoms with Crippen LogP contribution in [0.25, 0.3) is 12.2 Å². The van der Waals surface area contributed by atoms with Gasteiger partial charge >= 0.3 is 6.92 Å². The Balaban J connectivity index is 3.01. The Labute approximate surface area is 92.6 Å². The second kappa shape index (κ2) is 5.45. The molecule has 0 aromatic heterocycles. The van der Waals surface area contributed by atoms with E-state index in [1.807, 2.05) is 44.9 Å². The van der Waals surface area contributed by atoms with E-state index in [-0.39, 0.29) is 6.92 Å². The average molecular weight is 200 g/mol. The minimum absolute atomic E-state index is 0.204. The average Bonchev–Trinajstić information content (AvgIpc) is 2.20. The van der Waals surface area contributed by atoms with Crippen LogP contribution in [-0.4, -0.2) is 6.92 Å². The van der Waals surface area contributed by atoms with Gasteiger partial charge in [-0.15, -0.1) is 0 Å². The van der Waals surface area contributed by atoms with Crippen LogP contribution in [0.1, 0.15) is 18.1 Å². The molecule has 0 atom stereocenters. The van der Waals surface area contributed by atoms with E-state index in [4.69, 9.17) is 4.65 Å². The molecular formula is C13H17BO. The van der Waals surface area contributed by atoms with Crippen LogP contribution in [-0.2, 0) is 0 Å². The van der Waals surface area contributed by atoms with Crippen LogP contribution in [0.5, 0.6) is 5.75 Å². The summed E-state index contributed by atoms with van der Waals surface area (Å²) in [5.74, 6) is 0.896. The summed E-state index contributed by atoms with van der Waals surface area (Å²) in [5, 5.41) is 0. The maximum atomic E-state index is 5.62. The third kappa shape index (κ3) is 3.32. The molecule has 0 spiro atoms. The zero-order chi connectivity index (χ0) is 11.3. The predicted molar refractivity (Wildman–Crippen MR) is 69.4 cm³/mol. The SMILES string of the molecule is C=Cc1cc(OB(C)C)ccc1/C=C/C. The Kier molecular flexibility index (Phi) is 4.23. The van der Waals surface area contributed by atoms with Crippen LogP contribution in [0, 0.1) is 0 Å². The van der Waals surface area contributed by atoms with E-state index < -0.39 is 0 Å². The predicted octanol–water partition coefficient (Wildman–Crippen LogP) is 3.99. The van der Waals surface area contributed by atoms with Gasteiger partial charge in [0, 0.05) is 0 Å². The summed E-state index contributed by atoms with van der Waals surface area (Å²) in [6.07, 6.45) is 5.93. The zero-order valence-corrected chi connectivity index (χ0v) is 9.66. The zero-order valence-electron chi connectivity index (χ0n) is 9.66. The van der Waals surface area contributed by atoms with Crippen LogP contribution >= 0.6 is 0 Å². The maximum absolute atomic E-state index is 5.62. The Morgan fingerprint density at radius 3 is 2.53 bits per heavy atom. The fourth-order valence-electron chi connectivity index (χ4n) is 1.41. The highest BCUT2D eigenvalue weighted by atomic mass is 16.4. The topological polar surface area (TPSA) is 9.23 Å². The highest BCUT2D eigenvalue weighted by molar-refractivity contribution is 6.49. The van der Waals surface area contributed by atoms with Crippen molar-refractivity contribution in [3.63, 3.8) is 0 Å². The van der Waals surface area contributed by atoms with Crippen molar-refractivity contribution in [3.05, 3.63) is 42.0 Å². The van der Waals surface area contributed by atoms with Crippen LogP contribution in [0.4, 0.5) is 0 Å². The molecule has 0 aliphatic heterocycles. The molecule has 0 saturated carbocycles. The van der Waals surface area contributed by atoms with Crippen LogP contribution in [0.15, 0.2) is 30.9 Å². The number of hydrogen-bond acceptors (Lipinski definition) is 1. The Morgan fingerprint density at radius 2 is 2.00 bits per heavy atom.